The first-order chi connectivity index (χ1) is 15.0. The lowest BCUT2D eigenvalue weighted by molar-refractivity contribution is -0.135. The molecule has 1 aromatic carbocycles. The van der Waals surface area contributed by atoms with Gasteiger partial charge in [-0.05, 0) is 43.9 Å². The molecular weight excluding hydrogens is 400 g/mol. The van der Waals surface area contributed by atoms with Crippen LogP contribution >= 0.6 is 0 Å². The van der Waals surface area contributed by atoms with Gasteiger partial charge in [-0.2, -0.15) is 5.26 Å². The van der Waals surface area contributed by atoms with E-state index in [2.05, 4.69) is 21.3 Å². The first-order valence-electron chi connectivity index (χ1n) is 10.6. The number of amides is 1. The number of hydrogen-bond acceptors (Lipinski definition) is 5. The van der Waals surface area contributed by atoms with Crippen molar-refractivity contribution in [3.8, 4) is 6.07 Å². The quantitative estimate of drug-likeness (QED) is 0.801. The Hall–Kier alpha value is -3.05. The average molecular weight is 423 g/mol. The Morgan fingerprint density at radius 3 is 2.61 bits per heavy atom. The minimum Gasteiger partial charge on any atom is -0.350 e. The number of benzene rings is 1. The van der Waals surface area contributed by atoms with Gasteiger partial charge in [0.1, 0.15) is 23.5 Å². The molecule has 6 nitrogen and oxygen atoms in total. The van der Waals surface area contributed by atoms with Crippen molar-refractivity contribution in [3.63, 3.8) is 0 Å². The van der Waals surface area contributed by atoms with Gasteiger partial charge in [0.25, 0.3) is 0 Å². The van der Waals surface area contributed by atoms with Crippen LogP contribution in [0.15, 0.2) is 36.5 Å². The Balaban J connectivity index is 1.23. The normalized spacial score (nSPS) is 23.5. The molecular formula is C23H23F2N5O. The van der Waals surface area contributed by atoms with E-state index in [9.17, 15) is 13.6 Å². The molecule has 1 unspecified atom stereocenters. The van der Waals surface area contributed by atoms with Crippen LogP contribution in [0.3, 0.4) is 0 Å². The van der Waals surface area contributed by atoms with Crippen LogP contribution in [0.2, 0.25) is 0 Å². The summed E-state index contributed by atoms with van der Waals surface area (Å²) in [6.45, 7) is 1.48. The van der Waals surface area contributed by atoms with Gasteiger partial charge in [-0.1, -0.05) is 6.07 Å². The number of nitrogens with zero attached hydrogens (tertiary/aromatic N) is 4. The molecule has 3 aliphatic heterocycles. The SMILES string of the molecule is N#Cc1ccc(N2CC3CC[C@H]2CN3C(=O)CNC2(c3ccc(F)cc3F)CC2)nc1. The molecule has 1 aliphatic carbocycles. The van der Waals surface area contributed by atoms with Gasteiger partial charge in [0, 0.05) is 48.5 Å². The molecule has 3 saturated heterocycles. The second kappa shape index (κ2) is 7.57. The zero-order valence-corrected chi connectivity index (χ0v) is 17.0. The van der Waals surface area contributed by atoms with Gasteiger partial charge in [0.05, 0.1) is 12.1 Å². The van der Waals surface area contributed by atoms with Crippen LogP contribution in [0.1, 0.15) is 36.8 Å². The highest BCUT2D eigenvalue weighted by molar-refractivity contribution is 5.79. The number of nitrogens with one attached hydrogen (secondary N) is 1. The standard InChI is InChI=1S/C23H23F2N5O/c24-16-2-5-19(20(25)9-16)23(7-8-23)28-12-22(31)30-14-17-3-4-18(30)13-29(17)21-6-1-15(10-26)11-27-21/h1-2,5-6,9,11,17-18,28H,3-4,7-8,12-14H2/t17-,18?/m0/s1. The molecule has 6 rings (SSSR count). The second-order valence-corrected chi connectivity index (χ2v) is 8.66. The number of nitriles is 1. The molecule has 2 atom stereocenters. The molecule has 1 saturated carbocycles. The van der Waals surface area contributed by atoms with Crippen molar-refractivity contribution in [2.24, 2.45) is 0 Å². The van der Waals surface area contributed by atoms with E-state index in [0.717, 1.165) is 37.6 Å². The summed E-state index contributed by atoms with van der Waals surface area (Å²) in [6, 6.07) is 9.64. The van der Waals surface area contributed by atoms with Gasteiger partial charge < -0.3 is 9.80 Å². The maximum Gasteiger partial charge on any atom is 0.236 e. The number of halogens is 2. The Morgan fingerprint density at radius 1 is 1.19 bits per heavy atom. The Kier molecular flexibility index (Phi) is 4.86. The number of piperazine rings is 1. The van der Waals surface area contributed by atoms with Gasteiger partial charge in [-0.25, -0.2) is 13.8 Å². The molecule has 1 N–H and O–H groups in total. The average Bonchev–Trinajstić information content (AvgIpc) is 3.58. The molecule has 2 aromatic rings. The lowest BCUT2D eigenvalue weighted by Gasteiger charge is -2.52. The van der Waals surface area contributed by atoms with Crippen molar-refractivity contribution in [2.75, 3.05) is 24.5 Å². The fourth-order valence-electron chi connectivity index (χ4n) is 4.93. The highest BCUT2D eigenvalue weighted by Gasteiger charge is 2.47. The van der Waals surface area contributed by atoms with Crippen molar-refractivity contribution in [1.82, 2.24) is 15.2 Å². The summed E-state index contributed by atoms with van der Waals surface area (Å²) in [7, 11) is 0. The van der Waals surface area contributed by atoms with E-state index in [-0.39, 0.29) is 24.5 Å². The number of hydrogen-bond donors (Lipinski definition) is 1. The van der Waals surface area contributed by atoms with Crippen molar-refractivity contribution < 1.29 is 13.6 Å². The van der Waals surface area contributed by atoms with Gasteiger partial charge >= 0.3 is 0 Å². The van der Waals surface area contributed by atoms with E-state index >= 15 is 0 Å². The van der Waals surface area contributed by atoms with Gasteiger partial charge in [-0.15, -0.1) is 0 Å². The van der Waals surface area contributed by atoms with E-state index in [4.69, 9.17) is 5.26 Å². The smallest absolute Gasteiger partial charge is 0.236 e. The third kappa shape index (κ3) is 3.63. The highest BCUT2D eigenvalue weighted by Crippen LogP contribution is 2.46. The largest absolute Gasteiger partial charge is 0.350 e. The lowest BCUT2D eigenvalue weighted by Crippen LogP contribution is -2.65. The molecule has 2 bridgehead atoms. The van der Waals surface area contributed by atoms with E-state index in [1.165, 1.54) is 12.1 Å². The number of aromatic nitrogens is 1. The maximum absolute atomic E-state index is 14.2. The van der Waals surface area contributed by atoms with Gasteiger partial charge in [0.2, 0.25) is 5.91 Å². The number of carbonyl (C=O) groups excluding carboxylic acids is 1. The molecule has 4 fully saturated rings. The minimum atomic E-state index is -0.598. The summed E-state index contributed by atoms with van der Waals surface area (Å²) in [5, 5.41) is 12.2. The highest BCUT2D eigenvalue weighted by atomic mass is 19.1. The fraction of sp³-hybridized carbons (Fsp3) is 0.435. The lowest BCUT2D eigenvalue weighted by atomic mass is 9.90. The van der Waals surface area contributed by atoms with E-state index in [1.807, 2.05) is 11.0 Å². The number of piperidine rings is 2. The third-order valence-corrected chi connectivity index (χ3v) is 6.80. The third-order valence-electron chi connectivity index (χ3n) is 6.80. The van der Waals surface area contributed by atoms with E-state index in [1.54, 1.807) is 12.3 Å². The fourth-order valence-corrected chi connectivity index (χ4v) is 4.93. The Bertz CT molecular complexity index is 1050. The van der Waals surface area contributed by atoms with Gasteiger partial charge in [-0.3, -0.25) is 10.1 Å². The van der Waals surface area contributed by atoms with Crippen LogP contribution < -0.4 is 10.2 Å². The van der Waals surface area contributed by atoms with Crippen molar-refractivity contribution in [1.29, 1.82) is 5.26 Å². The molecule has 160 valence electrons. The van der Waals surface area contributed by atoms with Crippen molar-refractivity contribution in [2.45, 2.75) is 43.3 Å². The number of rotatable bonds is 5. The summed E-state index contributed by atoms with van der Waals surface area (Å²) in [5.41, 5.74) is 0.390. The Labute approximate surface area is 179 Å². The van der Waals surface area contributed by atoms with Crippen LogP contribution in [0.4, 0.5) is 14.6 Å². The topological polar surface area (TPSA) is 72.3 Å². The zero-order valence-electron chi connectivity index (χ0n) is 17.0. The van der Waals surface area contributed by atoms with Crippen LogP contribution in [-0.2, 0) is 10.3 Å². The first kappa shape index (κ1) is 19.9. The number of carbonyl (C=O) groups is 1. The van der Waals surface area contributed by atoms with Crippen LogP contribution in [0.5, 0.6) is 0 Å². The van der Waals surface area contributed by atoms with Crippen LogP contribution in [0.25, 0.3) is 0 Å². The minimum absolute atomic E-state index is 0.0101. The molecule has 1 amide bonds. The van der Waals surface area contributed by atoms with Crippen LogP contribution in [0, 0.1) is 23.0 Å². The molecule has 4 aliphatic rings. The number of fused-ring (bicyclic) bond motifs is 3. The molecule has 31 heavy (non-hydrogen) atoms. The van der Waals surface area contributed by atoms with E-state index < -0.39 is 17.2 Å². The predicted molar refractivity (Wildman–Crippen MR) is 110 cm³/mol. The molecule has 0 radical (unpaired) electrons. The number of pyridine rings is 1. The summed E-state index contributed by atoms with van der Waals surface area (Å²) in [5.74, 6) is -0.322. The summed E-state index contributed by atoms with van der Waals surface area (Å²) >= 11 is 0. The summed E-state index contributed by atoms with van der Waals surface area (Å²) < 4.78 is 27.5. The molecule has 8 heteroatoms. The second-order valence-electron chi connectivity index (χ2n) is 8.66. The molecule has 1 aromatic heterocycles. The first-order valence-corrected chi connectivity index (χ1v) is 10.6. The van der Waals surface area contributed by atoms with E-state index in [0.29, 0.717) is 24.2 Å². The summed E-state index contributed by atoms with van der Waals surface area (Å²) in [6.07, 6.45) is 4.98. The summed E-state index contributed by atoms with van der Waals surface area (Å²) in [4.78, 5) is 21.6. The monoisotopic (exact) mass is 423 g/mol. The maximum atomic E-state index is 14.2. The predicted octanol–water partition coefficient (Wildman–Crippen LogP) is 2.69. The Morgan fingerprint density at radius 2 is 2.00 bits per heavy atom. The van der Waals surface area contributed by atoms with Crippen LogP contribution in [-0.4, -0.2) is 47.5 Å². The zero-order chi connectivity index (χ0) is 21.6. The van der Waals surface area contributed by atoms with Crippen molar-refractivity contribution in [3.05, 3.63) is 59.3 Å². The number of anilines is 1. The molecule has 4 heterocycles. The van der Waals surface area contributed by atoms with Gasteiger partial charge in [0.15, 0.2) is 0 Å². The van der Waals surface area contributed by atoms with Crippen molar-refractivity contribution >= 4 is 11.7 Å². The molecule has 0 spiro atoms.